The molecule has 0 aromatic carbocycles. The van der Waals surface area contributed by atoms with Crippen molar-refractivity contribution in [1.82, 2.24) is 4.57 Å². The number of ether oxygens (including phenoxy) is 1. The van der Waals surface area contributed by atoms with Crippen LogP contribution in [0.3, 0.4) is 0 Å². The van der Waals surface area contributed by atoms with E-state index in [1.54, 1.807) is 16.8 Å². The van der Waals surface area contributed by atoms with E-state index in [1.165, 1.54) is 0 Å². The Labute approximate surface area is 96.0 Å². The first-order chi connectivity index (χ1) is 7.79. The normalized spacial score (nSPS) is 10.4. The molecule has 1 rings (SSSR count). The Bertz CT molecular complexity index is 360. The summed E-state index contributed by atoms with van der Waals surface area (Å²) < 4.78 is 7.08. The minimum Gasteiger partial charge on any atom is -0.488 e. The second kappa shape index (κ2) is 7.06. The average Bonchev–Trinajstić information content (AvgIpc) is 2.30. The van der Waals surface area contributed by atoms with Gasteiger partial charge in [-0.2, -0.15) is 0 Å². The van der Waals surface area contributed by atoms with Crippen LogP contribution in [0.1, 0.15) is 26.2 Å². The summed E-state index contributed by atoms with van der Waals surface area (Å²) in [6.07, 6.45) is 4.61. The molecule has 0 bridgehead atoms. The largest absolute Gasteiger partial charge is 0.488 e. The Hall–Kier alpha value is -1.29. The molecule has 0 radical (unpaired) electrons. The molecule has 4 nitrogen and oxygen atoms in total. The second-order valence-corrected chi connectivity index (χ2v) is 3.72. The quantitative estimate of drug-likeness (QED) is 0.712. The Kier molecular flexibility index (Phi) is 5.64. The van der Waals surface area contributed by atoms with E-state index in [4.69, 9.17) is 10.5 Å². The van der Waals surface area contributed by atoms with E-state index < -0.39 is 0 Å². The first-order valence-corrected chi connectivity index (χ1v) is 5.82. The molecule has 90 valence electrons. The SMILES string of the molecule is CCCCOc1cccn(CCCN)c1=O. The number of aromatic nitrogens is 1. The van der Waals surface area contributed by atoms with Crippen molar-refractivity contribution in [1.29, 1.82) is 0 Å². The highest BCUT2D eigenvalue weighted by atomic mass is 16.5. The van der Waals surface area contributed by atoms with Crippen molar-refractivity contribution >= 4 is 0 Å². The van der Waals surface area contributed by atoms with Crippen LogP contribution >= 0.6 is 0 Å². The van der Waals surface area contributed by atoms with Crippen LogP contribution in [0.4, 0.5) is 0 Å². The van der Waals surface area contributed by atoms with Crippen LogP contribution in [0, 0.1) is 0 Å². The number of pyridine rings is 1. The van der Waals surface area contributed by atoms with Crippen LogP contribution < -0.4 is 16.0 Å². The molecule has 1 heterocycles. The Morgan fingerprint density at radius 3 is 2.94 bits per heavy atom. The van der Waals surface area contributed by atoms with Crippen molar-refractivity contribution in [3.8, 4) is 5.75 Å². The van der Waals surface area contributed by atoms with E-state index >= 15 is 0 Å². The van der Waals surface area contributed by atoms with Gasteiger partial charge in [0.25, 0.3) is 5.56 Å². The molecule has 4 heteroatoms. The smallest absolute Gasteiger partial charge is 0.292 e. The monoisotopic (exact) mass is 224 g/mol. The van der Waals surface area contributed by atoms with Crippen molar-refractivity contribution in [2.75, 3.05) is 13.2 Å². The van der Waals surface area contributed by atoms with Crippen molar-refractivity contribution in [3.05, 3.63) is 28.7 Å². The second-order valence-electron chi connectivity index (χ2n) is 3.72. The van der Waals surface area contributed by atoms with Crippen molar-refractivity contribution in [2.45, 2.75) is 32.7 Å². The van der Waals surface area contributed by atoms with Crippen molar-refractivity contribution in [2.24, 2.45) is 5.73 Å². The van der Waals surface area contributed by atoms with Gasteiger partial charge < -0.3 is 15.0 Å². The molecule has 2 N–H and O–H groups in total. The van der Waals surface area contributed by atoms with Gasteiger partial charge in [-0.05, 0) is 31.5 Å². The zero-order valence-corrected chi connectivity index (χ0v) is 9.82. The van der Waals surface area contributed by atoms with Crippen LogP contribution in [-0.2, 0) is 6.54 Å². The maximum atomic E-state index is 11.9. The molecule has 0 aliphatic rings. The molecule has 0 aliphatic heterocycles. The predicted molar refractivity (Wildman–Crippen MR) is 64.8 cm³/mol. The van der Waals surface area contributed by atoms with Gasteiger partial charge >= 0.3 is 0 Å². The van der Waals surface area contributed by atoms with E-state index in [2.05, 4.69) is 6.92 Å². The molecule has 0 atom stereocenters. The van der Waals surface area contributed by atoms with Gasteiger partial charge in [0.2, 0.25) is 0 Å². The maximum Gasteiger partial charge on any atom is 0.292 e. The van der Waals surface area contributed by atoms with Crippen LogP contribution in [0.5, 0.6) is 5.75 Å². The lowest BCUT2D eigenvalue weighted by atomic mass is 10.3. The van der Waals surface area contributed by atoms with E-state index in [0.717, 1.165) is 19.3 Å². The highest BCUT2D eigenvalue weighted by molar-refractivity contribution is 5.17. The van der Waals surface area contributed by atoms with Crippen LogP contribution in [-0.4, -0.2) is 17.7 Å². The van der Waals surface area contributed by atoms with E-state index in [0.29, 0.717) is 25.4 Å². The fourth-order valence-electron chi connectivity index (χ4n) is 1.39. The number of unbranched alkanes of at least 4 members (excludes halogenated alkanes) is 1. The Balaban J connectivity index is 2.66. The number of nitrogens with zero attached hydrogens (tertiary/aromatic N) is 1. The highest BCUT2D eigenvalue weighted by Gasteiger charge is 2.03. The van der Waals surface area contributed by atoms with Crippen molar-refractivity contribution in [3.63, 3.8) is 0 Å². The zero-order valence-electron chi connectivity index (χ0n) is 9.82. The van der Waals surface area contributed by atoms with Gasteiger partial charge in [-0.3, -0.25) is 4.79 Å². The molecule has 0 fully saturated rings. The van der Waals surface area contributed by atoms with E-state index in [1.807, 2.05) is 6.07 Å². The van der Waals surface area contributed by atoms with E-state index in [-0.39, 0.29) is 5.56 Å². The topological polar surface area (TPSA) is 57.2 Å². The fraction of sp³-hybridized carbons (Fsp3) is 0.583. The van der Waals surface area contributed by atoms with Gasteiger partial charge in [0.05, 0.1) is 6.61 Å². The molecule has 0 unspecified atom stereocenters. The summed E-state index contributed by atoms with van der Waals surface area (Å²) in [6, 6.07) is 3.55. The fourth-order valence-corrected chi connectivity index (χ4v) is 1.39. The number of hydrogen-bond donors (Lipinski definition) is 1. The zero-order chi connectivity index (χ0) is 11.8. The molecule has 0 spiro atoms. The van der Waals surface area contributed by atoms with Gasteiger partial charge in [-0.1, -0.05) is 13.3 Å². The molecular weight excluding hydrogens is 204 g/mol. The van der Waals surface area contributed by atoms with Gasteiger partial charge in [-0.15, -0.1) is 0 Å². The third kappa shape index (κ3) is 3.70. The highest BCUT2D eigenvalue weighted by Crippen LogP contribution is 2.03. The number of hydrogen-bond acceptors (Lipinski definition) is 3. The first-order valence-electron chi connectivity index (χ1n) is 5.82. The standard InChI is InChI=1S/C12H20N2O2/c1-2-3-10-16-11-6-4-8-14(12(11)15)9-5-7-13/h4,6,8H,2-3,5,7,9-10,13H2,1H3. The molecule has 0 saturated carbocycles. The Morgan fingerprint density at radius 1 is 1.44 bits per heavy atom. The van der Waals surface area contributed by atoms with E-state index in [9.17, 15) is 4.79 Å². The lowest BCUT2D eigenvalue weighted by molar-refractivity contribution is 0.302. The molecule has 1 aromatic heterocycles. The lowest BCUT2D eigenvalue weighted by Crippen LogP contribution is -2.22. The van der Waals surface area contributed by atoms with Gasteiger partial charge in [-0.25, -0.2) is 0 Å². The molecule has 1 aromatic rings. The number of rotatable bonds is 7. The molecular formula is C12H20N2O2. The summed E-state index contributed by atoms with van der Waals surface area (Å²) in [5.41, 5.74) is 5.35. The van der Waals surface area contributed by atoms with Crippen LogP contribution in [0.15, 0.2) is 23.1 Å². The van der Waals surface area contributed by atoms with Crippen LogP contribution in [0.25, 0.3) is 0 Å². The molecule has 0 saturated heterocycles. The predicted octanol–water partition coefficient (Wildman–Crippen LogP) is 1.38. The van der Waals surface area contributed by atoms with Crippen molar-refractivity contribution < 1.29 is 4.74 Å². The third-order valence-corrected chi connectivity index (χ3v) is 2.34. The third-order valence-electron chi connectivity index (χ3n) is 2.34. The van der Waals surface area contributed by atoms with Gasteiger partial charge in [0.1, 0.15) is 0 Å². The minimum absolute atomic E-state index is 0.0629. The minimum atomic E-state index is -0.0629. The summed E-state index contributed by atoms with van der Waals surface area (Å²) in [5, 5.41) is 0. The summed E-state index contributed by atoms with van der Waals surface area (Å²) in [4.78, 5) is 11.9. The summed E-state index contributed by atoms with van der Waals surface area (Å²) >= 11 is 0. The molecule has 16 heavy (non-hydrogen) atoms. The summed E-state index contributed by atoms with van der Waals surface area (Å²) in [6.45, 7) is 3.94. The molecule has 0 amide bonds. The summed E-state index contributed by atoms with van der Waals surface area (Å²) in [5.74, 6) is 0.438. The van der Waals surface area contributed by atoms with Crippen LogP contribution in [0.2, 0.25) is 0 Å². The average molecular weight is 224 g/mol. The van der Waals surface area contributed by atoms with Gasteiger partial charge in [0, 0.05) is 12.7 Å². The lowest BCUT2D eigenvalue weighted by Gasteiger charge is -2.08. The number of nitrogens with two attached hydrogens (primary N) is 1. The maximum absolute atomic E-state index is 11.9. The first kappa shape index (κ1) is 12.8. The Morgan fingerprint density at radius 2 is 2.25 bits per heavy atom. The molecule has 0 aliphatic carbocycles. The summed E-state index contributed by atoms with van der Waals surface area (Å²) in [7, 11) is 0. The van der Waals surface area contributed by atoms with Gasteiger partial charge in [0.15, 0.2) is 5.75 Å². The number of aryl methyl sites for hydroxylation is 1.